The first-order chi connectivity index (χ1) is 13.4. The average molecular weight is 386 g/mol. The fourth-order valence-corrected chi connectivity index (χ4v) is 4.16. The van der Waals surface area contributed by atoms with Crippen molar-refractivity contribution < 1.29 is 19.4 Å². The van der Waals surface area contributed by atoms with E-state index in [2.05, 4.69) is 4.85 Å². The molecule has 0 unspecified atom stereocenters. The van der Waals surface area contributed by atoms with Crippen LogP contribution in [0.2, 0.25) is 0 Å². The van der Waals surface area contributed by atoms with Crippen molar-refractivity contribution in [3.63, 3.8) is 0 Å². The van der Waals surface area contributed by atoms with Crippen molar-refractivity contribution >= 4 is 5.97 Å². The van der Waals surface area contributed by atoms with E-state index in [1.54, 1.807) is 0 Å². The highest BCUT2D eigenvalue weighted by molar-refractivity contribution is 5.69. The van der Waals surface area contributed by atoms with Crippen LogP contribution >= 0.6 is 0 Å². The van der Waals surface area contributed by atoms with E-state index in [-0.39, 0.29) is 18.8 Å². The molecule has 1 aliphatic heterocycles. The highest BCUT2D eigenvalue weighted by atomic mass is 16.5. The van der Waals surface area contributed by atoms with Crippen molar-refractivity contribution in [2.75, 3.05) is 19.6 Å². The van der Waals surface area contributed by atoms with Gasteiger partial charge in [-0.1, -0.05) is 0 Å². The maximum Gasteiger partial charge on any atom is 0.317 e. The monoisotopic (exact) mass is 386 g/mol. The van der Waals surface area contributed by atoms with Crippen LogP contribution < -0.4 is 9.47 Å². The number of aliphatic carboxylic acids is 1. The van der Waals surface area contributed by atoms with Crippen LogP contribution in [0.1, 0.15) is 57.9 Å². The minimum absolute atomic E-state index is 0.0330. The van der Waals surface area contributed by atoms with Gasteiger partial charge in [-0.25, -0.2) is 6.57 Å². The molecule has 6 nitrogen and oxygen atoms in total. The summed E-state index contributed by atoms with van der Waals surface area (Å²) >= 11 is 0. The summed E-state index contributed by atoms with van der Waals surface area (Å²) in [6, 6.07) is 5.89. The Bertz CT molecular complexity index is 727. The van der Waals surface area contributed by atoms with E-state index < -0.39 is 11.5 Å². The fraction of sp³-hybridized carbons (Fsp3) is 0.636. The summed E-state index contributed by atoms with van der Waals surface area (Å²) in [4.78, 5) is 16.9. The van der Waals surface area contributed by atoms with Gasteiger partial charge in [0.25, 0.3) is 5.54 Å². The van der Waals surface area contributed by atoms with Crippen LogP contribution in [0.15, 0.2) is 18.2 Å². The first-order valence-electron chi connectivity index (χ1n) is 10.2. The molecule has 0 spiro atoms. The van der Waals surface area contributed by atoms with Crippen LogP contribution in [0.3, 0.4) is 0 Å². The molecule has 28 heavy (non-hydrogen) atoms. The minimum atomic E-state index is -0.822. The van der Waals surface area contributed by atoms with E-state index in [0.717, 1.165) is 29.9 Å². The number of rotatable bonds is 7. The molecule has 0 bridgehead atoms. The normalized spacial score (nSPS) is 20.1. The maximum atomic E-state index is 11.0. The zero-order valence-electron chi connectivity index (χ0n) is 16.8. The third-order valence-corrected chi connectivity index (χ3v) is 5.70. The Kier molecular flexibility index (Phi) is 6.46. The van der Waals surface area contributed by atoms with Crippen LogP contribution in [-0.2, 0) is 10.3 Å². The Balaban J connectivity index is 1.83. The topological polar surface area (TPSA) is 63.4 Å². The number of piperidine rings is 1. The van der Waals surface area contributed by atoms with Gasteiger partial charge < -0.3 is 19.4 Å². The number of hydrogen-bond donors (Lipinski definition) is 1. The molecule has 3 rings (SSSR count). The molecular weight excluding hydrogens is 356 g/mol. The highest BCUT2D eigenvalue weighted by Gasteiger charge is 2.43. The van der Waals surface area contributed by atoms with Gasteiger partial charge in [0, 0.05) is 31.5 Å². The van der Waals surface area contributed by atoms with E-state index >= 15 is 0 Å². The maximum absolute atomic E-state index is 11.0. The number of ether oxygens (including phenoxy) is 2. The number of carboxylic acids is 1. The summed E-state index contributed by atoms with van der Waals surface area (Å²) < 4.78 is 12.2. The SMILES string of the molecule is [C-]#[N+]C1(c2ccc(OC(C)C)c(OC3CCCC3)c2)CCN(CC(=O)O)CC1. The second-order valence-corrected chi connectivity index (χ2v) is 8.17. The molecule has 0 radical (unpaired) electrons. The lowest BCUT2D eigenvalue weighted by Gasteiger charge is -2.33. The van der Waals surface area contributed by atoms with Gasteiger partial charge >= 0.3 is 5.97 Å². The Morgan fingerprint density at radius 1 is 1.29 bits per heavy atom. The van der Waals surface area contributed by atoms with Crippen molar-refractivity contribution in [2.24, 2.45) is 0 Å². The van der Waals surface area contributed by atoms with Crippen molar-refractivity contribution in [2.45, 2.75) is 70.1 Å². The predicted molar refractivity (Wildman–Crippen MR) is 107 cm³/mol. The molecule has 0 atom stereocenters. The number of carbonyl (C=O) groups is 1. The Labute approximate surface area is 167 Å². The summed E-state index contributed by atoms with van der Waals surface area (Å²) in [5.74, 6) is 0.640. The summed E-state index contributed by atoms with van der Waals surface area (Å²) in [5.41, 5.74) is 0.320. The van der Waals surface area contributed by atoms with Crippen molar-refractivity contribution in [3.05, 3.63) is 35.2 Å². The molecule has 0 aromatic heterocycles. The number of hydrogen-bond acceptors (Lipinski definition) is 4. The van der Waals surface area contributed by atoms with Gasteiger partial charge in [0.1, 0.15) is 0 Å². The Hall–Kier alpha value is -2.26. The molecule has 6 heteroatoms. The van der Waals surface area contributed by atoms with Crippen LogP contribution in [0, 0.1) is 6.57 Å². The molecule has 152 valence electrons. The van der Waals surface area contributed by atoms with Crippen molar-refractivity contribution in [1.82, 2.24) is 4.90 Å². The van der Waals surface area contributed by atoms with Gasteiger partial charge in [-0.05, 0) is 57.7 Å². The van der Waals surface area contributed by atoms with E-state index in [0.29, 0.717) is 25.9 Å². The molecule has 1 saturated heterocycles. The van der Waals surface area contributed by atoms with E-state index in [9.17, 15) is 4.79 Å². The fourth-order valence-electron chi connectivity index (χ4n) is 4.16. The van der Waals surface area contributed by atoms with Crippen LogP contribution in [-0.4, -0.2) is 47.8 Å². The van der Waals surface area contributed by atoms with E-state index in [4.69, 9.17) is 21.2 Å². The van der Waals surface area contributed by atoms with Crippen molar-refractivity contribution in [1.29, 1.82) is 0 Å². The summed E-state index contributed by atoms with van der Waals surface area (Å²) in [7, 11) is 0. The lowest BCUT2D eigenvalue weighted by atomic mass is 9.81. The first-order valence-corrected chi connectivity index (χ1v) is 10.2. The van der Waals surface area contributed by atoms with Gasteiger partial charge in [0.05, 0.1) is 18.8 Å². The lowest BCUT2D eigenvalue weighted by molar-refractivity contribution is -0.138. The number of carboxylic acid groups (broad SMARTS) is 1. The Morgan fingerprint density at radius 3 is 2.54 bits per heavy atom. The van der Waals surface area contributed by atoms with Crippen molar-refractivity contribution in [3.8, 4) is 11.5 Å². The van der Waals surface area contributed by atoms with Gasteiger partial charge in [-0.15, -0.1) is 0 Å². The number of nitrogens with zero attached hydrogens (tertiary/aromatic N) is 2. The highest BCUT2D eigenvalue weighted by Crippen LogP contribution is 2.42. The average Bonchev–Trinajstić information content (AvgIpc) is 3.16. The zero-order chi connectivity index (χ0) is 20.1. The van der Waals surface area contributed by atoms with Crippen LogP contribution in [0.25, 0.3) is 4.85 Å². The third-order valence-electron chi connectivity index (χ3n) is 5.70. The lowest BCUT2D eigenvalue weighted by Crippen LogP contribution is -2.43. The largest absolute Gasteiger partial charge is 0.487 e. The van der Waals surface area contributed by atoms with Gasteiger partial charge in [0.15, 0.2) is 11.5 Å². The molecule has 0 amide bonds. The standard InChI is InChI=1S/C22H30N2O4/c1-16(2)27-19-9-8-17(14-20(19)28-18-6-4-5-7-18)22(23-3)10-12-24(13-11-22)15-21(25)26/h8-9,14,16,18H,4-7,10-13,15H2,1-2H3,(H,25,26). The minimum Gasteiger partial charge on any atom is -0.487 e. The van der Waals surface area contributed by atoms with Crippen LogP contribution in [0.5, 0.6) is 11.5 Å². The first kappa shape index (κ1) is 20.5. The molecule has 2 aliphatic rings. The Morgan fingerprint density at radius 2 is 1.96 bits per heavy atom. The molecule has 2 fully saturated rings. The quantitative estimate of drug-likeness (QED) is 0.715. The zero-order valence-corrected chi connectivity index (χ0v) is 16.8. The number of benzene rings is 1. The number of likely N-dealkylation sites (tertiary alicyclic amines) is 1. The smallest absolute Gasteiger partial charge is 0.317 e. The summed E-state index contributed by atoms with van der Waals surface area (Å²) in [6.45, 7) is 13.1. The van der Waals surface area contributed by atoms with Gasteiger partial charge in [0.2, 0.25) is 0 Å². The third kappa shape index (κ3) is 4.77. The molecule has 1 N–H and O–H groups in total. The molecule has 1 aromatic rings. The van der Waals surface area contributed by atoms with Gasteiger partial charge in [-0.3, -0.25) is 9.69 Å². The molecule has 1 aliphatic carbocycles. The second kappa shape index (κ2) is 8.83. The summed E-state index contributed by atoms with van der Waals surface area (Å²) in [6.07, 6.45) is 6.00. The van der Waals surface area contributed by atoms with Gasteiger partial charge in [-0.2, -0.15) is 0 Å². The molecular formula is C22H30N2O4. The molecule has 1 saturated carbocycles. The second-order valence-electron chi connectivity index (χ2n) is 8.17. The molecule has 1 aromatic carbocycles. The predicted octanol–water partition coefficient (Wildman–Crippen LogP) is 4.09. The van der Waals surface area contributed by atoms with E-state index in [1.807, 2.05) is 36.9 Å². The molecule has 1 heterocycles. The van der Waals surface area contributed by atoms with E-state index in [1.165, 1.54) is 12.8 Å². The summed E-state index contributed by atoms with van der Waals surface area (Å²) in [5, 5.41) is 9.01. The van der Waals surface area contributed by atoms with Crippen LogP contribution in [0.4, 0.5) is 0 Å².